The molecule has 0 bridgehead atoms. The van der Waals surface area contributed by atoms with Crippen molar-refractivity contribution in [1.82, 2.24) is 4.57 Å². The molecule has 0 radical (unpaired) electrons. The van der Waals surface area contributed by atoms with E-state index in [1.54, 1.807) is 4.57 Å². The van der Waals surface area contributed by atoms with Crippen molar-refractivity contribution >= 4 is 22.9 Å². The molecule has 1 aromatic heterocycles. The first kappa shape index (κ1) is 8.48. The lowest BCUT2D eigenvalue weighted by atomic mass is 10.1. The van der Waals surface area contributed by atoms with Gasteiger partial charge in [-0.25, -0.2) is 0 Å². The van der Waals surface area contributed by atoms with Crippen LogP contribution in [0.2, 0.25) is 0 Å². The van der Waals surface area contributed by atoms with Crippen LogP contribution in [0.3, 0.4) is 0 Å². The Morgan fingerprint density at radius 1 is 1.13 bits per heavy atom. The fraction of sp³-hybridized carbons (Fsp3) is 0.154. The van der Waals surface area contributed by atoms with Gasteiger partial charge in [0.2, 0.25) is 0 Å². The highest BCUT2D eigenvalue weighted by Gasteiger charge is 2.23. The predicted octanol–water partition coefficient (Wildman–Crippen LogP) is 3.01. The minimum atomic E-state index is 0.106. The van der Waals surface area contributed by atoms with Gasteiger partial charge in [-0.2, -0.15) is 0 Å². The Labute approximate surface area is 87.8 Å². The van der Waals surface area contributed by atoms with E-state index in [1.165, 1.54) is 10.9 Å². The summed E-state index contributed by atoms with van der Waals surface area (Å²) in [5.41, 5.74) is 4.07. The molecule has 1 aromatic carbocycles. The van der Waals surface area contributed by atoms with Crippen LogP contribution >= 0.6 is 0 Å². The quantitative estimate of drug-likeness (QED) is 0.636. The number of aryl methyl sites for hydroxylation is 1. The maximum absolute atomic E-state index is 11.9. The molecule has 15 heavy (non-hydrogen) atoms. The van der Waals surface area contributed by atoms with E-state index < -0.39 is 0 Å². The lowest BCUT2D eigenvalue weighted by Crippen LogP contribution is -2.06. The monoisotopic (exact) mass is 197 g/mol. The Hall–Kier alpha value is -1.83. The van der Waals surface area contributed by atoms with Gasteiger partial charge in [-0.05, 0) is 31.6 Å². The molecule has 0 saturated carbocycles. The second-order valence-electron chi connectivity index (χ2n) is 4.00. The lowest BCUT2D eigenvalue weighted by molar-refractivity contribution is 0.0966. The van der Waals surface area contributed by atoms with Gasteiger partial charge < -0.3 is 0 Å². The molecule has 0 unspecified atom stereocenters. The van der Waals surface area contributed by atoms with E-state index in [4.69, 9.17) is 0 Å². The first-order valence-electron chi connectivity index (χ1n) is 5.03. The minimum absolute atomic E-state index is 0.106. The predicted molar refractivity (Wildman–Crippen MR) is 61.0 cm³/mol. The summed E-state index contributed by atoms with van der Waals surface area (Å²) >= 11 is 0. The molecule has 3 rings (SSSR count). The number of nitrogens with zero attached hydrogens (tertiary/aromatic N) is 1. The van der Waals surface area contributed by atoms with E-state index in [9.17, 15) is 4.79 Å². The van der Waals surface area contributed by atoms with Crippen LogP contribution in [0.15, 0.2) is 29.8 Å². The molecule has 1 aliphatic heterocycles. The van der Waals surface area contributed by atoms with E-state index in [0.717, 1.165) is 16.8 Å². The van der Waals surface area contributed by atoms with Crippen LogP contribution < -0.4 is 0 Å². The van der Waals surface area contributed by atoms with Gasteiger partial charge in [0, 0.05) is 11.0 Å². The van der Waals surface area contributed by atoms with E-state index in [1.807, 2.05) is 31.2 Å². The summed E-state index contributed by atoms with van der Waals surface area (Å²) in [5, 5.41) is 1.17. The zero-order valence-corrected chi connectivity index (χ0v) is 8.74. The van der Waals surface area contributed by atoms with Gasteiger partial charge in [-0.3, -0.25) is 9.36 Å². The first-order valence-corrected chi connectivity index (χ1v) is 5.03. The second kappa shape index (κ2) is 2.60. The molecule has 0 spiro atoms. The average molecular weight is 197 g/mol. The highest BCUT2D eigenvalue weighted by molar-refractivity contribution is 6.11. The molecule has 0 aliphatic carbocycles. The number of fused-ring (bicyclic) bond motifs is 3. The highest BCUT2D eigenvalue weighted by atomic mass is 16.2. The number of para-hydroxylation sites is 1. The third-order valence-corrected chi connectivity index (χ3v) is 3.07. The Morgan fingerprint density at radius 2 is 1.87 bits per heavy atom. The molecule has 74 valence electrons. The van der Waals surface area contributed by atoms with Gasteiger partial charge in [0.25, 0.3) is 5.91 Å². The zero-order valence-electron chi connectivity index (χ0n) is 8.74. The highest BCUT2D eigenvalue weighted by Crippen LogP contribution is 2.31. The molecule has 0 fully saturated rings. The van der Waals surface area contributed by atoms with Crippen molar-refractivity contribution in [3.05, 3.63) is 41.1 Å². The van der Waals surface area contributed by atoms with E-state index in [-0.39, 0.29) is 5.91 Å². The Bertz CT molecular complexity index is 617. The summed E-state index contributed by atoms with van der Waals surface area (Å²) in [5.74, 6) is 0.106. The second-order valence-corrected chi connectivity index (χ2v) is 4.00. The van der Waals surface area contributed by atoms with Gasteiger partial charge in [0.1, 0.15) is 0 Å². The molecule has 0 amide bonds. The molecule has 2 nitrogen and oxygen atoms in total. The van der Waals surface area contributed by atoms with Crippen molar-refractivity contribution in [2.45, 2.75) is 13.8 Å². The Morgan fingerprint density at radius 3 is 2.67 bits per heavy atom. The number of hydrogen-bond donors (Lipinski definition) is 0. The molecule has 2 heteroatoms. The number of carbonyl (C=O) groups excluding carboxylic acids is 1. The van der Waals surface area contributed by atoms with Crippen LogP contribution in [0, 0.1) is 6.92 Å². The fourth-order valence-electron chi connectivity index (χ4n) is 2.26. The van der Waals surface area contributed by atoms with Crippen molar-refractivity contribution in [3.8, 4) is 0 Å². The normalized spacial score (nSPS) is 14.5. The topological polar surface area (TPSA) is 22.0 Å². The van der Waals surface area contributed by atoms with Crippen molar-refractivity contribution in [3.63, 3.8) is 0 Å². The van der Waals surface area contributed by atoms with Crippen molar-refractivity contribution in [2.75, 3.05) is 0 Å². The zero-order chi connectivity index (χ0) is 10.6. The molecule has 2 heterocycles. The van der Waals surface area contributed by atoms with Gasteiger partial charge in [-0.1, -0.05) is 18.2 Å². The minimum Gasteiger partial charge on any atom is -0.276 e. The van der Waals surface area contributed by atoms with E-state index in [2.05, 4.69) is 13.0 Å². The summed E-state index contributed by atoms with van der Waals surface area (Å²) in [6.07, 6.45) is 1.97. The molecule has 2 aromatic rings. The number of allylic oxidation sites excluding steroid dienone is 1. The maximum Gasteiger partial charge on any atom is 0.258 e. The average Bonchev–Trinajstić information content (AvgIpc) is 2.68. The number of benzene rings is 1. The van der Waals surface area contributed by atoms with Gasteiger partial charge in [0.05, 0.1) is 11.2 Å². The summed E-state index contributed by atoms with van der Waals surface area (Å²) in [6, 6.07) is 8.03. The van der Waals surface area contributed by atoms with Crippen molar-refractivity contribution < 1.29 is 4.79 Å². The Balaban J connectivity index is 2.52. The van der Waals surface area contributed by atoms with Crippen LogP contribution in [-0.2, 0) is 0 Å². The van der Waals surface area contributed by atoms with Crippen molar-refractivity contribution in [2.24, 2.45) is 0 Å². The summed E-state index contributed by atoms with van der Waals surface area (Å²) in [7, 11) is 0. The summed E-state index contributed by atoms with van der Waals surface area (Å²) < 4.78 is 1.81. The molecule has 1 aliphatic rings. The standard InChI is InChI=1S/C13H11NO/c1-8-7-12-9(2)10-5-3-4-6-11(10)14(12)13(8)15/h3-7H,1-2H3. The molecular weight excluding hydrogens is 186 g/mol. The largest absolute Gasteiger partial charge is 0.276 e. The van der Waals surface area contributed by atoms with Crippen LogP contribution in [0.4, 0.5) is 0 Å². The molecular formula is C13H11NO. The number of rotatable bonds is 0. The van der Waals surface area contributed by atoms with Crippen LogP contribution in [0.1, 0.15) is 23.0 Å². The number of carbonyl (C=O) groups is 1. The third kappa shape index (κ3) is 0.911. The van der Waals surface area contributed by atoms with Crippen LogP contribution in [0.5, 0.6) is 0 Å². The van der Waals surface area contributed by atoms with Crippen molar-refractivity contribution in [1.29, 1.82) is 0 Å². The molecule has 0 saturated heterocycles. The fourth-order valence-corrected chi connectivity index (χ4v) is 2.26. The van der Waals surface area contributed by atoms with Gasteiger partial charge >= 0.3 is 0 Å². The third-order valence-electron chi connectivity index (χ3n) is 3.07. The smallest absolute Gasteiger partial charge is 0.258 e. The van der Waals surface area contributed by atoms with E-state index in [0.29, 0.717) is 0 Å². The molecule has 0 atom stereocenters. The van der Waals surface area contributed by atoms with Crippen LogP contribution in [0.25, 0.3) is 17.0 Å². The lowest BCUT2D eigenvalue weighted by Gasteiger charge is -1.98. The number of aromatic nitrogens is 1. The van der Waals surface area contributed by atoms with E-state index >= 15 is 0 Å². The first-order chi connectivity index (χ1) is 7.20. The van der Waals surface area contributed by atoms with Gasteiger partial charge in [0.15, 0.2) is 0 Å². The number of hydrogen-bond acceptors (Lipinski definition) is 1. The Kier molecular flexibility index (Phi) is 1.47. The molecule has 0 N–H and O–H groups in total. The SMILES string of the molecule is CC1=Cc2c(C)c3ccccc3n2C1=O. The van der Waals surface area contributed by atoms with Crippen LogP contribution in [-0.4, -0.2) is 10.5 Å². The summed E-state index contributed by atoms with van der Waals surface area (Å²) in [4.78, 5) is 11.9. The van der Waals surface area contributed by atoms with Gasteiger partial charge in [-0.15, -0.1) is 0 Å². The summed E-state index contributed by atoms with van der Waals surface area (Å²) in [6.45, 7) is 3.93. The maximum atomic E-state index is 11.9.